The van der Waals surface area contributed by atoms with E-state index in [-0.39, 0.29) is 91.3 Å². The summed E-state index contributed by atoms with van der Waals surface area (Å²) in [5.74, 6) is 0.541. The van der Waals surface area contributed by atoms with E-state index in [1.807, 2.05) is 26.0 Å². The third-order valence-electron chi connectivity index (χ3n) is 9.55. The van der Waals surface area contributed by atoms with Crippen LogP contribution in [0.5, 0.6) is 11.5 Å². The van der Waals surface area contributed by atoms with Crippen molar-refractivity contribution in [3.8, 4) is 50.9 Å². The fourth-order valence-corrected chi connectivity index (χ4v) is 6.96. The Balaban J connectivity index is 1.19. The summed E-state index contributed by atoms with van der Waals surface area (Å²) in [7, 11) is 0. The van der Waals surface area contributed by atoms with Crippen molar-refractivity contribution in [3.05, 3.63) is 200 Å². The molecule has 10 aromatic rings. The first kappa shape index (κ1) is 20.4. The van der Waals surface area contributed by atoms with Crippen molar-refractivity contribution >= 4 is 32.8 Å². The van der Waals surface area contributed by atoms with Gasteiger partial charge >= 0.3 is 0 Å². The van der Waals surface area contributed by atoms with Gasteiger partial charge < -0.3 is 4.74 Å². The Morgan fingerprint density at radius 3 is 2.09 bits per heavy atom. The van der Waals surface area contributed by atoms with Crippen LogP contribution in [-0.4, -0.2) is 14.1 Å². The summed E-state index contributed by atoms with van der Waals surface area (Å²) in [6.45, 7) is 4.01. The van der Waals surface area contributed by atoms with E-state index >= 15 is 0 Å². The van der Waals surface area contributed by atoms with Gasteiger partial charge in [0.05, 0.1) is 55.4 Å². The minimum atomic E-state index is -0.614. The van der Waals surface area contributed by atoms with Crippen LogP contribution in [-0.2, 0) is 0 Å². The van der Waals surface area contributed by atoms with E-state index in [2.05, 4.69) is 11.3 Å². The van der Waals surface area contributed by atoms with Crippen molar-refractivity contribution in [2.45, 2.75) is 19.8 Å². The molecule has 0 spiro atoms. The Kier molecular flexibility index (Phi) is 5.06. The number of rotatable bonds is 8. The van der Waals surface area contributed by atoms with E-state index in [0.717, 1.165) is 5.56 Å². The molecule has 0 aliphatic carbocycles. The number of aromatic nitrogens is 4. The molecule has 0 radical (unpaired) electrons. The van der Waals surface area contributed by atoms with Gasteiger partial charge in [0.15, 0.2) is 0 Å². The van der Waals surface area contributed by atoms with Gasteiger partial charge in [-0.05, 0) is 82.2 Å². The number of hydrogen-bond acceptors (Lipinski definition) is 2. The first-order valence-electron chi connectivity index (χ1n) is 25.8. The van der Waals surface area contributed by atoms with E-state index in [1.54, 1.807) is 68.4 Å². The zero-order valence-corrected chi connectivity index (χ0v) is 29.9. The minimum absolute atomic E-state index is 0.0611. The number of fused-ring (bicyclic) bond motifs is 4. The summed E-state index contributed by atoms with van der Waals surface area (Å²) in [6, 6.07) is 15.4. The molecule has 0 unspecified atom stereocenters. The first-order valence-corrected chi connectivity index (χ1v) is 17.8. The van der Waals surface area contributed by atoms with Gasteiger partial charge in [-0.15, -0.1) is 0 Å². The number of para-hydroxylation sites is 4. The number of pyridine rings is 1. The predicted molar refractivity (Wildman–Crippen MR) is 227 cm³/mol. The summed E-state index contributed by atoms with van der Waals surface area (Å²) >= 11 is 0. The molecule has 0 bridgehead atoms. The van der Waals surface area contributed by atoms with Crippen molar-refractivity contribution in [2.75, 3.05) is 0 Å². The van der Waals surface area contributed by atoms with Crippen molar-refractivity contribution in [2.24, 2.45) is 0 Å². The quantitative estimate of drug-likeness (QED) is 0.115. The van der Waals surface area contributed by atoms with Gasteiger partial charge in [-0.25, -0.2) is 4.98 Å². The predicted octanol–water partition coefficient (Wildman–Crippen LogP) is 12.4. The third kappa shape index (κ3) is 5.82. The maximum absolute atomic E-state index is 9.31. The summed E-state index contributed by atoms with van der Waals surface area (Å²) in [4.78, 5) is 4.60. The standard InChI is InChI=1S/C51H38N4O/c1-35(2)38-29-30-52-50(31-38)55-46-24-10-9-21-44(46)45-28-27-41(33-49(45)55)56-40-20-13-19-39(32-40)53-34-54(48-26-12-11-25-47(48)53)51-42(36-15-5-3-6-16-36)22-14-23-43(51)37-17-7-4-8-18-37/h3-33,35H,1-2H3/i3D,4D,5D,6D,7D,8D,9D,10D,15D,16D,17D,18D,21D,24D,27D,28D. The van der Waals surface area contributed by atoms with Crippen LogP contribution in [0.3, 0.4) is 0 Å². The molecular formula is C51H38N4O. The largest absolute Gasteiger partial charge is 0.458 e. The summed E-state index contributed by atoms with van der Waals surface area (Å²) in [5, 5.41) is 0.177. The Hall–Kier alpha value is -7.24. The SMILES string of the molecule is [2H]c1c([2H])c([2H])c(-c2cccc(-c3c([2H])c([2H])c([2H])c([2H])c3[2H])c2-[n+]2[c-]n(-c3cccc(Oc4cc5c(c([2H])c4[2H])c4c([2H])c([2H])c([2H])c([2H])c4n5-c4cc(C(C)C)ccn4)c3)c3ccccc32)c([2H])c1[2H]. The van der Waals surface area contributed by atoms with E-state index in [9.17, 15) is 2.74 Å². The van der Waals surface area contributed by atoms with Gasteiger partial charge in [-0.2, -0.15) is 0 Å². The smallest absolute Gasteiger partial charge is 0.269 e. The monoisotopic (exact) mass is 738 g/mol. The molecule has 0 saturated heterocycles. The average molecular weight is 739 g/mol. The summed E-state index contributed by atoms with van der Waals surface area (Å²) in [6.07, 6.45) is 4.94. The fraction of sp³-hybridized carbons (Fsp3) is 0.0588. The summed E-state index contributed by atoms with van der Waals surface area (Å²) < 4.78 is 151. The molecule has 0 atom stereocenters. The lowest BCUT2D eigenvalue weighted by atomic mass is 9.95. The third-order valence-corrected chi connectivity index (χ3v) is 9.55. The Morgan fingerprint density at radius 2 is 1.32 bits per heavy atom. The molecule has 0 fully saturated rings. The van der Waals surface area contributed by atoms with Gasteiger partial charge in [-0.1, -0.05) is 141 Å². The number of imidazole rings is 1. The highest BCUT2D eigenvalue weighted by Crippen LogP contribution is 2.37. The second-order valence-corrected chi connectivity index (χ2v) is 13.2. The zero-order chi connectivity index (χ0) is 51.5. The Labute approximate surface area is 348 Å². The van der Waals surface area contributed by atoms with E-state index in [4.69, 9.17) is 23.9 Å². The van der Waals surface area contributed by atoms with Crippen LogP contribution < -0.4 is 9.30 Å². The highest BCUT2D eigenvalue weighted by molar-refractivity contribution is 6.09. The van der Waals surface area contributed by atoms with Crippen LogP contribution in [0.1, 0.15) is 47.3 Å². The molecule has 268 valence electrons. The maximum atomic E-state index is 9.31. The molecular weight excluding hydrogens is 685 g/mol. The molecule has 0 amide bonds. The van der Waals surface area contributed by atoms with Crippen molar-refractivity contribution in [1.29, 1.82) is 0 Å². The molecule has 0 saturated carbocycles. The van der Waals surface area contributed by atoms with Gasteiger partial charge in [0.2, 0.25) is 0 Å². The molecule has 0 aliphatic heterocycles. The first-order chi connectivity index (χ1) is 34.2. The maximum Gasteiger partial charge on any atom is 0.269 e. The van der Waals surface area contributed by atoms with Gasteiger partial charge in [0.25, 0.3) is 6.33 Å². The summed E-state index contributed by atoms with van der Waals surface area (Å²) in [5.41, 5.74) is 2.53. The Morgan fingerprint density at radius 1 is 0.625 bits per heavy atom. The minimum Gasteiger partial charge on any atom is -0.458 e. The number of ether oxygens (including phenoxy) is 1. The van der Waals surface area contributed by atoms with Crippen LogP contribution in [0, 0.1) is 6.33 Å². The van der Waals surface area contributed by atoms with Crippen LogP contribution in [0.2, 0.25) is 0 Å². The van der Waals surface area contributed by atoms with Crippen LogP contribution >= 0.6 is 0 Å². The highest BCUT2D eigenvalue weighted by atomic mass is 16.5. The van der Waals surface area contributed by atoms with Crippen LogP contribution in [0.15, 0.2) is 188 Å². The Bertz CT molecular complexity index is 3830. The van der Waals surface area contributed by atoms with E-state index in [0.29, 0.717) is 22.5 Å². The van der Waals surface area contributed by atoms with Crippen molar-refractivity contribution in [1.82, 2.24) is 14.1 Å². The average Bonchev–Trinajstić information content (AvgIpc) is 3.93. The molecule has 7 aromatic carbocycles. The molecule has 10 rings (SSSR count). The van der Waals surface area contributed by atoms with Crippen molar-refractivity contribution in [3.63, 3.8) is 0 Å². The molecule has 0 N–H and O–H groups in total. The van der Waals surface area contributed by atoms with E-state index < -0.39 is 72.5 Å². The van der Waals surface area contributed by atoms with Gasteiger partial charge in [0.1, 0.15) is 17.3 Å². The lowest BCUT2D eigenvalue weighted by Crippen LogP contribution is -2.31. The number of hydrogen-bond donors (Lipinski definition) is 0. The fourth-order valence-electron chi connectivity index (χ4n) is 6.96. The molecule has 3 heterocycles. The van der Waals surface area contributed by atoms with Crippen molar-refractivity contribution < 1.29 is 31.2 Å². The second-order valence-electron chi connectivity index (χ2n) is 13.2. The van der Waals surface area contributed by atoms with Crippen LogP contribution in [0.4, 0.5) is 0 Å². The van der Waals surface area contributed by atoms with Gasteiger partial charge in [0, 0.05) is 23.0 Å². The van der Waals surface area contributed by atoms with E-state index in [1.165, 1.54) is 24.3 Å². The lowest BCUT2D eigenvalue weighted by molar-refractivity contribution is -0.571. The van der Waals surface area contributed by atoms with Crippen LogP contribution in [0.25, 0.3) is 72.3 Å². The molecule has 3 aromatic heterocycles. The molecule has 5 heteroatoms. The zero-order valence-electron chi connectivity index (χ0n) is 45.9. The topological polar surface area (TPSA) is 35.9 Å². The molecule has 5 nitrogen and oxygen atoms in total. The highest BCUT2D eigenvalue weighted by Gasteiger charge is 2.20. The molecule has 56 heavy (non-hydrogen) atoms. The molecule has 0 aliphatic rings. The number of nitrogens with zero attached hydrogens (tertiary/aromatic N) is 4. The normalized spacial score (nSPS) is 15.6. The second kappa shape index (κ2) is 13.9. The number of benzene rings is 7. The lowest BCUT2D eigenvalue weighted by Gasteiger charge is -2.17. The van der Waals surface area contributed by atoms with Gasteiger partial charge in [-0.3, -0.25) is 13.7 Å².